The Kier molecular flexibility index (Phi) is 57.0. The Labute approximate surface area is 588 Å². The molecule has 0 atom stereocenters. The predicted molar refractivity (Wildman–Crippen MR) is 421 cm³/mol. The van der Waals surface area contributed by atoms with Gasteiger partial charge in [-0.3, -0.25) is 0 Å². The summed E-state index contributed by atoms with van der Waals surface area (Å²) in [6.07, 6.45) is 89.1. The standard InChI is InChI=1S/C92H156N2/c1-7-13-19-21-23-25-27-29-31-33-35-37-39-41-43-45-47-49-51-53-55-57-59-61-63-65-67-69-73-85-78-86(74-70-68-66-64-62-60-58-56-54-52-50-48-46-44-42-40-38-36-34-32-30-28-26-24-22-20-14-8-2)82-88(81-85)92-90(76-18-12-6)89(75-17-11-5)91(94(92)93)87-79-83(71-15-9-3)77-84(80-87)72-16-10-4/h77-82H,7-68,71-72,75-76H2,1-6H3. The molecule has 2 heteroatoms. The van der Waals surface area contributed by atoms with Gasteiger partial charge >= 0.3 is 0 Å². The lowest BCUT2D eigenvalue weighted by Crippen LogP contribution is -2.05. The normalized spacial score (nSPS) is 12.4. The highest BCUT2D eigenvalue weighted by molar-refractivity contribution is 5.83. The highest BCUT2D eigenvalue weighted by Gasteiger charge is 2.36. The van der Waals surface area contributed by atoms with Crippen molar-refractivity contribution in [2.75, 3.05) is 0 Å². The van der Waals surface area contributed by atoms with Crippen LogP contribution in [0.4, 0.5) is 0 Å². The minimum Gasteiger partial charge on any atom is -0.493 e. The van der Waals surface area contributed by atoms with Crippen molar-refractivity contribution in [3.05, 3.63) is 86.5 Å². The monoisotopic (exact) mass is 1290 g/mol. The largest absolute Gasteiger partial charge is 0.493 e. The van der Waals surface area contributed by atoms with E-state index in [1.54, 1.807) is 4.70 Å². The zero-order valence-electron chi connectivity index (χ0n) is 64.0. The van der Waals surface area contributed by atoms with E-state index in [4.69, 9.17) is 0 Å². The summed E-state index contributed by atoms with van der Waals surface area (Å²) in [4.78, 5) is 0. The van der Waals surface area contributed by atoms with Gasteiger partial charge in [0.25, 0.3) is 0 Å². The molecule has 0 saturated carbocycles. The van der Waals surface area contributed by atoms with Crippen LogP contribution in [0.3, 0.4) is 0 Å². The van der Waals surface area contributed by atoms with Crippen LogP contribution in [0.15, 0.2) is 47.5 Å². The van der Waals surface area contributed by atoms with E-state index in [0.717, 1.165) is 92.3 Å². The Morgan fingerprint density at radius 3 is 0.691 bits per heavy atom. The van der Waals surface area contributed by atoms with Crippen LogP contribution >= 0.6 is 0 Å². The molecule has 0 spiro atoms. The van der Waals surface area contributed by atoms with Crippen LogP contribution in [0.1, 0.15) is 486 Å². The third-order valence-electron chi connectivity index (χ3n) is 20.9. The van der Waals surface area contributed by atoms with Gasteiger partial charge in [-0.05, 0) is 106 Å². The van der Waals surface area contributed by atoms with E-state index in [9.17, 15) is 5.53 Å². The summed E-state index contributed by atoms with van der Waals surface area (Å²) in [7, 11) is 0. The lowest BCUT2D eigenvalue weighted by atomic mass is 9.90. The van der Waals surface area contributed by atoms with Gasteiger partial charge in [-0.1, -0.05) is 418 Å². The molecule has 3 rings (SSSR count). The summed E-state index contributed by atoms with van der Waals surface area (Å²) >= 11 is 0. The molecular weight excluding hydrogens is 1130 g/mol. The van der Waals surface area contributed by atoms with Gasteiger partial charge in [0.15, 0.2) is 0 Å². The maximum absolute atomic E-state index is 12.8. The van der Waals surface area contributed by atoms with E-state index in [1.807, 2.05) is 0 Å². The third-order valence-corrected chi connectivity index (χ3v) is 20.9. The molecule has 0 aliphatic carbocycles. The topological polar surface area (TPSA) is 25.3 Å². The molecule has 1 aliphatic heterocycles. The molecular formula is C92H156N2. The van der Waals surface area contributed by atoms with E-state index in [2.05, 4.69) is 102 Å². The Hall–Kier alpha value is -3.36. The maximum atomic E-state index is 12.8. The Morgan fingerprint density at radius 1 is 0.234 bits per heavy atom. The van der Waals surface area contributed by atoms with Gasteiger partial charge in [0.05, 0.1) is 0 Å². The second-order valence-electron chi connectivity index (χ2n) is 30.0. The summed E-state index contributed by atoms with van der Waals surface area (Å²) in [6.45, 7) is 13.8. The molecule has 534 valence electrons. The van der Waals surface area contributed by atoms with E-state index in [-0.39, 0.29) is 0 Å². The molecule has 0 unspecified atom stereocenters. The highest BCUT2D eigenvalue weighted by Crippen LogP contribution is 2.45. The van der Waals surface area contributed by atoms with Crippen molar-refractivity contribution in [3.8, 4) is 23.7 Å². The van der Waals surface area contributed by atoms with Gasteiger partial charge in [0, 0.05) is 46.2 Å². The van der Waals surface area contributed by atoms with Crippen LogP contribution in [0, 0.1) is 23.7 Å². The van der Waals surface area contributed by atoms with Crippen LogP contribution in [0.25, 0.3) is 16.9 Å². The van der Waals surface area contributed by atoms with Crippen LogP contribution in [-0.4, -0.2) is 4.70 Å². The van der Waals surface area contributed by atoms with Crippen molar-refractivity contribution in [2.24, 2.45) is 0 Å². The molecule has 94 heavy (non-hydrogen) atoms. The van der Waals surface area contributed by atoms with Gasteiger partial charge < -0.3 is 5.53 Å². The molecule has 2 aromatic carbocycles. The Morgan fingerprint density at radius 2 is 0.447 bits per heavy atom. The number of hydrogen-bond donors (Lipinski definition) is 0. The Balaban J connectivity index is 1.48. The molecule has 2 nitrogen and oxygen atoms in total. The summed E-state index contributed by atoms with van der Waals surface area (Å²) in [5.41, 5.74) is 24.6. The van der Waals surface area contributed by atoms with E-state index in [0.29, 0.717) is 0 Å². The molecule has 0 amide bonds. The second-order valence-corrected chi connectivity index (χ2v) is 30.0. The van der Waals surface area contributed by atoms with Crippen LogP contribution in [0.5, 0.6) is 0 Å². The second kappa shape index (κ2) is 63.1. The van der Waals surface area contributed by atoms with Gasteiger partial charge in [-0.2, -0.15) is 0 Å². The van der Waals surface area contributed by atoms with Crippen LogP contribution in [-0.2, 0) is 12.8 Å². The van der Waals surface area contributed by atoms with Gasteiger partial charge in [0.1, 0.15) is 0 Å². The average molecular weight is 1290 g/mol. The summed E-state index contributed by atoms with van der Waals surface area (Å²) in [6, 6.07) is 14.0. The first kappa shape index (κ1) is 84.9. The van der Waals surface area contributed by atoms with Crippen molar-refractivity contribution in [1.29, 1.82) is 0 Å². The van der Waals surface area contributed by atoms with Gasteiger partial charge in [0.2, 0.25) is 11.4 Å². The molecule has 1 aliphatic rings. The van der Waals surface area contributed by atoms with Crippen LogP contribution in [0.2, 0.25) is 0 Å². The molecule has 0 aromatic heterocycles. The third kappa shape index (κ3) is 43.8. The zero-order valence-corrected chi connectivity index (χ0v) is 64.0. The number of unbranched alkanes of at least 4 members (excludes halogenated alkanes) is 56. The summed E-state index contributed by atoms with van der Waals surface area (Å²) in [5, 5.41) is 0. The fraction of sp³-hybridized carbons (Fsp3) is 0.783. The van der Waals surface area contributed by atoms with E-state index < -0.39 is 0 Å². The van der Waals surface area contributed by atoms with Crippen LogP contribution < -0.4 is 0 Å². The molecule has 2 aromatic rings. The zero-order chi connectivity index (χ0) is 67.1. The molecule has 0 bridgehead atoms. The lowest BCUT2D eigenvalue weighted by molar-refractivity contribution is -0.345. The maximum Gasteiger partial charge on any atom is 0.211 e. The van der Waals surface area contributed by atoms with Crippen molar-refractivity contribution < 1.29 is 4.70 Å². The fourth-order valence-corrected chi connectivity index (χ4v) is 14.7. The SMILES string of the molecule is CCCCCCCCCCCCCCCCCCCCCCCCCCCCC#Cc1cc(C#CCCCCCCCCCCCCCCCCCCCCCCCCCCCC)cc(C2=C(CCCC)C(CCCC)=C(c3cc(CCCC)cc(CCCC)c3)[N+]2=[N-])c1. The quantitative estimate of drug-likeness (QED) is 0.0358. The molecule has 0 N–H and O–H groups in total. The first-order valence-electron chi connectivity index (χ1n) is 42.7. The number of benzene rings is 2. The lowest BCUT2D eigenvalue weighted by Gasteiger charge is -2.13. The van der Waals surface area contributed by atoms with Gasteiger partial charge in [-0.15, -0.1) is 0 Å². The average Bonchev–Trinajstić information content (AvgIpc) is 1.60. The summed E-state index contributed by atoms with van der Waals surface area (Å²) in [5.74, 6) is 14.6. The van der Waals surface area contributed by atoms with E-state index >= 15 is 0 Å². The molecule has 0 saturated heterocycles. The molecule has 0 radical (unpaired) electrons. The minimum absolute atomic E-state index is 0.933. The smallest absolute Gasteiger partial charge is 0.211 e. The highest BCUT2D eigenvalue weighted by atomic mass is 15.2. The fourth-order valence-electron chi connectivity index (χ4n) is 14.7. The van der Waals surface area contributed by atoms with Gasteiger partial charge in [-0.25, -0.2) is 4.70 Å². The molecule has 1 heterocycles. The summed E-state index contributed by atoms with van der Waals surface area (Å²) < 4.78 is 1.62. The van der Waals surface area contributed by atoms with E-state index in [1.165, 1.54) is 387 Å². The first-order chi connectivity index (χ1) is 46.5. The van der Waals surface area contributed by atoms with Crippen molar-refractivity contribution in [3.63, 3.8) is 0 Å². The van der Waals surface area contributed by atoms with Crippen molar-refractivity contribution >= 4 is 11.4 Å². The number of hydrogen-bond acceptors (Lipinski definition) is 0. The number of rotatable bonds is 66. The van der Waals surface area contributed by atoms with Crippen molar-refractivity contribution in [1.82, 2.24) is 0 Å². The number of aryl methyl sites for hydroxylation is 2. The Bertz CT molecular complexity index is 2180. The first-order valence-corrected chi connectivity index (χ1v) is 42.7. The number of allylic oxidation sites excluding steroid dienone is 2. The van der Waals surface area contributed by atoms with Crippen molar-refractivity contribution in [2.45, 2.75) is 465 Å². The molecule has 0 fully saturated rings. The number of nitrogens with zero attached hydrogens (tertiary/aromatic N) is 2. The minimum atomic E-state index is 0.933. The predicted octanol–water partition coefficient (Wildman–Crippen LogP) is 31.7.